The van der Waals surface area contributed by atoms with Gasteiger partial charge >= 0.3 is 6.03 Å². The monoisotopic (exact) mass is 321 g/mol. The zero-order valence-corrected chi connectivity index (χ0v) is 14.0. The molecule has 1 aromatic heterocycles. The maximum Gasteiger partial charge on any atom is 0.315 e. The lowest BCUT2D eigenvalue weighted by Crippen LogP contribution is -2.53. The van der Waals surface area contributed by atoms with Crippen LogP contribution >= 0.6 is 0 Å². The van der Waals surface area contributed by atoms with Crippen LogP contribution in [0.1, 0.15) is 39.5 Å². The van der Waals surface area contributed by atoms with Crippen LogP contribution in [0.15, 0.2) is 18.5 Å². The Morgan fingerprint density at radius 3 is 2.91 bits per heavy atom. The molecule has 1 saturated heterocycles. The molecule has 1 aliphatic rings. The van der Waals surface area contributed by atoms with Gasteiger partial charge in [0.15, 0.2) is 0 Å². The number of nitrogens with zero attached hydrogens (tertiary/aromatic N) is 3. The molecule has 0 unspecified atom stereocenters. The van der Waals surface area contributed by atoms with Crippen molar-refractivity contribution >= 4 is 11.9 Å². The number of nitrogens with one attached hydrogen (secondary N) is 2. The molecule has 0 radical (unpaired) electrons. The second kappa shape index (κ2) is 8.55. The predicted molar refractivity (Wildman–Crippen MR) is 87.9 cm³/mol. The number of aryl methyl sites for hydroxylation is 1. The molecular weight excluding hydrogens is 294 g/mol. The maximum absolute atomic E-state index is 12.4. The van der Waals surface area contributed by atoms with Gasteiger partial charge in [0.25, 0.3) is 0 Å². The van der Waals surface area contributed by atoms with Crippen LogP contribution in [0.2, 0.25) is 0 Å². The fourth-order valence-corrected chi connectivity index (χ4v) is 2.86. The molecule has 0 spiro atoms. The highest BCUT2D eigenvalue weighted by Crippen LogP contribution is 2.17. The molecular formula is C16H27N5O2. The van der Waals surface area contributed by atoms with E-state index in [0.29, 0.717) is 6.54 Å². The third-order valence-corrected chi connectivity index (χ3v) is 4.21. The SMILES string of the molecule is C[C@@H]1CCCCN1C(=O)[C@@H](C)NC(=O)NCCCn1cccn1. The Bertz CT molecular complexity index is 503. The average molecular weight is 321 g/mol. The molecule has 0 aromatic carbocycles. The first-order valence-electron chi connectivity index (χ1n) is 8.40. The molecule has 2 rings (SSSR count). The van der Waals surface area contributed by atoms with Crippen LogP contribution in [0.3, 0.4) is 0 Å². The van der Waals surface area contributed by atoms with Crippen molar-refractivity contribution in [2.45, 2.75) is 58.2 Å². The molecule has 7 nitrogen and oxygen atoms in total. The largest absolute Gasteiger partial charge is 0.338 e. The van der Waals surface area contributed by atoms with Crippen LogP contribution in [0, 0.1) is 0 Å². The van der Waals surface area contributed by atoms with Crippen molar-refractivity contribution in [3.63, 3.8) is 0 Å². The normalized spacial score (nSPS) is 19.2. The lowest BCUT2D eigenvalue weighted by molar-refractivity contribution is -0.136. The lowest BCUT2D eigenvalue weighted by Gasteiger charge is -2.35. The molecule has 128 valence electrons. The van der Waals surface area contributed by atoms with Gasteiger partial charge in [-0.25, -0.2) is 4.79 Å². The lowest BCUT2D eigenvalue weighted by atomic mass is 10.0. The van der Waals surface area contributed by atoms with E-state index in [2.05, 4.69) is 22.7 Å². The highest BCUT2D eigenvalue weighted by Gasteiger charge is 2.27. The third kappa shape index (κ3) is 5.26. The van der Waals surface area contributed by atoms with Gasteiger partial charge in [-0.15, -0.1) is 0 Å². The summed E-state index contributed by atoms with van der Waals surface area (Å²) >= 11 is 0. The number of amides is 3. The van der Waals surface area contributed by atoms with E-state index in [0.717, 1.165) is 32.4 Å². The van der Waals surface area contributed by atoms with E-state index in [1.54, 1.807) is 13.1 Å². The number of urea groups is 1. The number of piperidine rings is 1. The van der Waals surface area contributed by atoms with E-state index >= 15 is 0 Å². The van der Waals surface area contributed by atoms with Gasteiger partial charge in [-0.1, -0.05) is 0 Å². The van der Waals surface area contributed by atoms with Crippen molar-refractivity contribution in [3.8, 4) is 0 Å². The van der Waals surface area contributed by atoms with Crippen LogP contribution in [-0.4, -0.2) is 51.8 Å². The minimum atomic E-state index is -0.498. The molecule has 23 heavy (non-hydrogen) atoms. The molecule has 2 heterocycles. The number of carbonyl (C=O) groups is 2. The van der Waals surface area contributed by atoms with E-state index < -0.39 is 6.04 Å². The van der Waals surface area contributed by atoms with Gasteiger partial charge in [0, 0.05) is 38.1 Å². The van der Waals surface area contributed by atoms with Crippen molar-refractivity contribution in [2.24, 2.45) is 0 Å². The second-order valence-corrected chi connectivity index (χ2v) is 6.12. The number of hydrogen-bond donors (Lipinski definition) is 2. The fourth-order valence-electron chi connectivity index (χ4n) is 2.86. The Hall–Kier alpha value is -2.05. The first kappa shape index (κ1) is 17.3. The standard InChI is InChI=1S/C16H27N5O2/c1-13-7-3-4-12-21(13)15(22)14(2)19-16(23)17-8-5-10-20-11-6-9-18-20/h6,9,11,13-14H,3-5,7-8,10,12H2,1-2H3,(H2,17,19,23)/t13-,14-/m1/s1. The molecule has 1 aliphatic heterocycles. The summed E-state index contributed by atoms with van der Waals surface area (Å²) in [6.45, 7) is 5.91. The van der Waals surface area contributed by atoms with Crippen LogP contribution in [-0.2, 0) is 11.3 Å². The molecule has 0 bridgehead atoms. The Morgan fingerprint density at radius 2 is 2.22 bits per heavy atom. The minimum Gasteiger partial charge on any atom is -0.338 e. The molecule has 0 saturated carbocycles. The van der Waals surface area contributed by atoms with Crippen molar-refractivity contribution in [2.75, 3.05) is 13.1 Å². The molecule has 0 aliphatic carbocycles. The summed E-state index contributed by atoms with van der Waals surface area (Å²) in [6, 6.07) is 1.34. The fraction of sp³-hybridized carbons (Fsp3) is 0.688. The van der Waals surface area contributed by atoms with Crippen LogP contribution < -0.4 is 10.6 Å². The molecule has 7 heteroatoms. The average Bonchev–Trinajstić information content (AvgIpc) is 3.04. The highest BCUT2D eigenvalue weighted by molar-refractivity contribution is 5.86. The van der Waals surface area contributed by atoms with Gasteiger partial charge < -0.3 is 15.5 Å². The Kier molecular flexibility index (Phi) is 6.43. The molecule has 2 N–H and O–H groups in total. The van der Waals surface area contributed by atoms with Crippen LogP contribution in [0.25, 0.3) is 0 Å². The van der Waals surface area contributed by atoms with E-state index in [1.807, 2.05) is 21.8 Å². The zero-order valence-electron chi connectivity index (χ0n) is 14.0. The van der Waals surface area contributed by atoms with E-state index in [1.165, 1.54) is 6.42 Å². The summed E-state index contributed by atoms with van der Waals surface area (Å²) < 4.78 is 1.82. The summed E-state index contributed by atoms with van der Waals surface area (Å²) in [5, 5.41) is 9.61. The summed E-state index contributed by atoms with van der Waals surface area (Å²) in [5.74, 6) is 0.00360. The second-order valence-electron chi connectivity index (χ2n) is 6.12. The Morgan fingerprint density at radius 1 is 1.39 bits per heavy atom. The van der Waals surface area contributed by atoms with Gasteiger partial charge in [-0.05, 0) is 45.6 Å². The van der Waals surface area contributed by atoms with Crippen molar-refractivity contribution in [3.05, 3.63) is 18.5 Å². The number of rotatable bonds is 6. The summed E-state index contributed by atoms with van der Waals surface area (Å²) in [4.78, 5) is 26.2. The van der Waals surface area contributed by atoms with Crippen LogP contribution in [0.4, 0.5) is 4.79 Å². The number of carbonyl (C=O) groups excluding carboxylic acids is 2. The quantitative estimate of drug-likeness (QED) is 0.777. The molecule has 1 fully saturated rings. The van der Waals surface area contributed by atoms with E-state index in [9.17, 15) is 9.59 Å². The van der Waals surface area contributed by atoms with E-state index in [4.69, 9.17) is 0 Å². The summed E-state index contributed by atoms with van der Waals surface area (Å²) in [6.07, 6.45) is 7.67. The van der Waals surface area contributed by atoms with Crippen molar-refractivity contribution in [1.29, 1.82) is 0 Å². The van der Waals surface area contributed by atoms with Gasteiger partial charge in [0.1, 0.15) is 6.04 Å². The topological polar surface area (TPSA) is 79.3 Å². The molecule has 3 amide bonds. The minimum absolute atomic E-state index is 0.00360. The van der Waals surface area contributed by atoms with Gasteiger partial charge in [-0.3, -0.25) is 9.48 Å². The number of likely N-dealkylation sites (tertiary alicyclic amines) is 1. The van der Waals surface area contributed by atoms with E-state index in [-0.39, 0.29) is 18.0 Å². The molecule has 1 aromatic rings. The Balaban J connectivity index is 1.66. The first-order chi connectivity index (χ1) is 11.1. The Labute approximate surface area is 137 Å². The van der Waals surface area contributed by atoms with Crippen molar-refractivity contribution in [1.82, 2.24) is 25.3 Å². The van der Waals surface area contributed by atoms with Gasteiger partial charge in [-0.2, -0.15) is 5.10 Å². The number of aromatic nitrogens is 2. The van der Waals surface area contributed by atoms with Gasteiger partial charge in [0.2, 0.25) is 5.91 Å². The predicted octanol–water partition coefficient (Wildman–Crippen LogP) is 1.36. The third-order valence-electron chi connectivity index (χ3n) is 4.21. The first-order valence-corrected chi connectivity index (χ1v) is 8.40. The zero-order chi connectivity index (χ0) is 16.7. The summed E-state index contributed by atoms with van der Waals surface area (Å²) in [5.41, 5.74) is 0. The van der Waals surface area contributed by atoms with Gasteiger partial charge in [0.05, 0.1) is 0 Å². The van der Waals surface area contributed by atoms with Crippen molar-refractivity contribution < 1.29 is 9.59 Å². The maximum atomic E-state index is 12.4. The smallest absolute Gasteiger partial charge is 0.315 e. The molecule has 2 atom stereocenters. The number of hydrogen-bond acceptors (Lipinski definition) is 3. The van der Waals surface area contributed by atoms with Crippen LogP contribution in [0.5, 0.6) is 0 Å². The highest BCUT2D eigenvalue weighted by atomic mass is 16.2. The summed E-state index contributed by atoms with van der Waals surface area (Å²) in [7, 11) is 0.